The van der Waals surface area contributed by atoms with E-state index in [2.05, 4.69) is 9.80 Å². The lowest BCUT2D eigenvalue weighted by Gasteiger charge is -2.36. The van der Waals surface area contributed by atoms with E-state index in [1.54, 1.807) is 12.1 Å². The predicted octanol–water partition coefficient (Wildman–Crippen LogP) is 1.87. The van der Waals surface area contributed by atoms with E-state index in [9.17, 15) is 17.6 Å². The van der Waals surface area contributed by atoms with Gasteiger partial charge in [0.15, 0.2) is 0 Å². The number of anilines is 1. The molecule has 1 amide bonds. The van der Waals surface area contributed by atoms with E-state index in [1.807, 2.05) is 29.2 Å². The second kappa shape index (κ2) is 9.56. The lowest BCUT2D eigenvalue weighted by molar-refractivity contribution is 0.0746. The molecule has 0 radical (unpaired) electrons. The Morgan fingerprint density at radius 3 is 2.00 bits per heavy atom. The second-order valence-corrected chi connectivity index (χ2v) is 10.4. The van der Waals surface area contributed by atoms with Gasteiger partial charge in [-0.05, 0) is 42.0 Å². The Kier molecular flexibility index (Phi) is 6.78. The molecule has 2 saturated heterocycles. The topological polar surface area (TPSA) is 64.2 Å². The lowest BCUT2D eigenvalue weighted by atomic mass is 10.1. The summed E-state index contributed by atoms with van der Waals surface area (Å²) in [6.07, 6.45) is 1.25. The smallest absolute Gasteiger partial charge is 0.253 e. The fourth-order valence-corrected chi connectivity index (χ4v) is 5.06. The summed E-state index contributed by atoms with van der Waals surface area (Å²) in [4.78, 5) is 19.2. The number of hydrogen-bond donors (Lipinski definition) is 0. The summed E-state index contributed by atoms with van der Waals surface area (Å²) >= 11 is 0. The van der Waals surface area contributed by atoms with Gasteiger partial charge in [-0.15, -0.1) is 0 Å². The Hall–Kier alpha value is -2.49. The third-order valence-corrected chi connectivity index (χ3v) is 7.47. The van der Waals surface area contributed by atoms with Crippen LogP contribution in [0.5, 0.6) is 0 Å². The van der Waals surface area contributed by atoms with Crippen molar-refractivity contribution in [3.8, 4) is 0 Å². The van der Waals surface area contributed by atoms with Crippen LogP contribution in [0.1, 0.15) is 15.9 Å². The number of rotatable bonds is 5. The molecule has 172 valence electrons. The van der Waals surface area contributed by atoms with E-state index in [0.717, 1.165) is 30.9 Å². The first-order valence-electron chi connectivity index (χ1n) is 10.9. The van der Waals surface area contributed by atoms with Crippen molar-refractivity contribution < 1.29 is 17.6 Å². The van der Waals surface area contributed by atoms with Crippen molar-refractivity contribution in [2.75, 3.05) is 63.5 Å². The fraction of sp³-hybridized carbons (Fsp3) is 0.435. The highest BCUT2D eigenvalue weighted by molar-refractivity contribution is 7.88. The van der Waals surface area contributed by atoms with Gasteiger partial charge in [0.05, 0.1) is 6.26 Å². The zero-order chi connectivity index (χ0) is 22.7. The van der Waals surface area contributed by atoms with Crippen LogP contribution in [0.15, 0.2) is 48.5 Å². The molecule has 2 aliphatic heterocycles. The van der Waals surface area contributed by atoms with Gasteiger partial charge in [-0.2, -0.15) is 4.31 Å². The van der Waals surface area contributed by atoms with E-state index in [4.69, 9.17) is 0 Å². The minimum Gasteiger partial charge on any atom is -0.368 e. The van der Waals surface area contributed by atoms with Gasteiger partial charge in [0.1, 0.15) is 5.82 Å². The van der Waals surface area contributed by atoms with Gasteiger partial charge < -0.3 is 9.80 Å². The van der Waals surface area contributed by atoms with Crippen LogP contribution in [0.2, 0.25) is 0 Å². The standard InChI is InChI=1S/C23H29FN4O3S/c1-32(30,31)28-16-10-25(11-17-28)18-19-2-4-20(5-3-19)23(29)27-14-12-26(13-15-27)22-8-6-21(24)7-9-22/h2-9H,10-18H2,1H3. The number of nitrogens with zero attached hydrogens (tertiary/aromatic N) is 4. The van der Waals surface area contributed by atoms with Crippen LogP contribution in [-0.4, -0.2) is 87.0 Å². The molecule has 0 unspecified atom stereocenters. The Balaban J connectivity index is 1.28. The number of carbonyl (C=O) groups is 1. The highest BCUT2D eigenvalue weighted by Gasteiger charge is 2.24. The number of amides is 1. The summed E-state index contributed by atoms with van der Waals surface area (Å²) < 4.78 is 37.9. The Morgan fingerprint density at radius 1 is 0.844 bits per heavy atom. The average molecular weight is 461 g/mol. The first-order valence-corrected chi connectivity index (χ1v) is 12.7. The Labute approximate surface area is 189 Å². The van der Waals surface area contributed by atoms with E-state index >= 15 is 0 Å². The molecule has 0 bridgehead atoms. The summed E-state index contributed by atoms with van der Waals surface area (Å²) in [7, 11) is -3.12. The van der Waals surface area contributed by atoms with Gasteiger partial charge in [-0.1, -0.05) is 12.1 Å². The molecule has 2 aromatic carbocycles. The van der Waals surface area contributed by atoms with Crippen molar-refractivity contribution in [2.24, 2.45) is 0 Å². The number of benzene rings is 2. The highest BCUT2D eigenvalue weighted by atomic mass is 32.2. The van der Waals surface area contributed by atoms with Gasteiger partial charge in [-0.3, -0.25) is 9.69 Å². The highest BCUT2D eigenvalue weighted by Crippen LogP contribution is 2.18. The average Bonchev–Trinajstić information content (AvgIpc) is 2.80. The monoisotopic (exact) mass is 460 g/mol. The molecular weight excluding hydrogens is 431 g/mol. The van der Waals surface area contributed by atoms with Crippen molar-refractivity contribution in [1.29, 1.82) is 0 Å². The third kappa shape index (κ3) is 5.46. The summed E-state index contributed by atoms with van der Waals surface area (Å²) in [5, 5.41) is 0. The zero-order valence-electron chi connectivity index (χ0n) is 18.3. The predicted molar refractivity (Wildman–Crippen MR) is 123 cm³/mol. The molecule has 0 spiro atoms. The van der Waals surface area contributed by atoms with Crippen molar-refractivity contribution in [3.63, 3.8) is 0 Å². The molecule has 2 aromatic rings. The number of halogens is 1. The summed E-state index contributed by atoms with van der Waals surface area (Å²) in [5.41, 5.74) is 2.75. The van der Waals surface area contributed by atoms with Gasteiger partial charge in [0.2, 0.25) is 10.0 Å². The number of sulfonamides is 1. The molecule has 2 aliphatic rings. The van der Waals surface area contributed by atoms with Crippen molar-refractivity contribution in [3.05, 3.63) is 65.5 Å². The Bertz CT molecular complexity index is 1030. The first-order chi connectivity index (χ1) is 15.3. The van der Waals surface area contributed by atoms with Crippen LogP contribution in [-0.2, 0) is 16.6 Å². The molecular formula is C23H29FN4O3S. The van der Waals surface area contributed by atoms with Gasteiger partial charge in [0, 0.05) is 70.2 Å². The SMILES string of the molecule is CS(=O)(=O)N1CCN(Cc2ccc(C(=O)N3CCN(c4ccc(F)cc4)CC3)cc2)CC1. The van der Waals surface area contributed by atoms with Crippen LogP contribution < -0.4 is 4.90 Å². The van der Waals surface area contributed by atoms with Gasteiger partial charge in [-0.25, -0.2) is 12.8 Å². The van der Waals surface area contributed by atoms with E-state index in [1.165, 1.54) is 22.7 Å². The van der Waals surface area contributed by atoms with Crippen molar-refractivity contribution in [2.45, 2.75) is 6.54 Å². The fourth-order valence-electron chi connectivity index (χ4n) is 4.23. The lowest BCUT2D eigenvalue weighted by Crippen LogP contribution is -2.48. The van der Waals surface area contributed by atoms with Crippen molar-refractivity contribution in [1.82, 2.24) is 14.1 Å². The van der Waals surface area contributed by atoms with E-state index in [0.29, 0.717) is 44.8 Å². The van der Waals surface area contributed by atoms with Crippen LogP contribution in [0, 0.1) is 5.82 Å². The quantitative estimate of drug-likeness (QED) is 0.682. The Morgan fingerprint density at radius 2 is 1.44 bits per heavy atom. The molecule has 0 atom stereocenters. The molecule has 2 heterocycles. The summed E-state index contributed by atoms with van der Waals surface area (Å²) in [6, 6.07) is 14.2. The minimum absolute atomic E-state index is 0.0251. The van der Waals surface area contributed by atoms with Gasteiger partial charge >= 0.3 is 0 Å². The first kappa shape index (κ1) is 22.7. The summed E-state index contributed by atoms with van der Waals surface area (Å²) in [6.45, 7) is 5.86. The molecule has 2 fully saturated rings. The van der Waals surface area contributed by atoms with Crippen LogP contribution in [0.4, 0.5) is 10.1 Å². The molecule has 32 heavy (non-hydrogen) atoms. The molecule has 9 heteroatoms. The maximum atomic E-state index is 13.1. The van der Waals surface area contributed by atoms with Crippen LogP contribution >= 0.6 is 0 Å². The molecule has 0 N–H and O–H groups in total. The molecule has 0 aromatic heterocycles. The van der Waals surface area contributed by atoms with Crippen LogP contribution in [0.3, 0.4) is 0 Å². The van der Waals surface area contributed by atoms with Crippen LogP contribution in [0.25, 0.3) is 0 Å². The zero-order valence-corrected chi connectivity index (χ0v) is 19.1. The second-order valence-electron chi connectivity index (χ2n) is 8.39. The molecule has 0 saturated carbocycles. The number of piperazine rings is 2. The molecule has 7 nitrogen and oxygen atoms in total. The minimum atomic E-state index is -3.12. The molecule has 0 aliphatic carbocycles. The normalized spacial score (nSPS) is 18.7. The van der Waals surface area contributed by atoms with Gasteiger partial charge in [0.25, 0.3) is 5.91 Å². The third-order valence-electron chi connectivity index (χ3n) is 6.17. The van der Waals surface area contributed by atoms with E-state index < -0.39 is 10.0 Å². The van der Waals surface area contributed by atoms with Crippen molar-refractivity contribution >= 4 is 21.6 Å². The maximum absolute atomic E-state index is 13.1. The number of carbonyl (C=O) groups excluding carboxylic acids is 1. The summed E-state index contributed by atoms with van der Waals surface area (Å²) in [5.74, 6) is -0.223. The molecule has 4 rings (SSSR count). The van der Waals surface area contributed by atoms with E-state index in [-0.39, 0.29) is 11.7 Å². The maximum Gasteiger partial charge on any atom is 0.253 e. The largest absolute Gasteiger partial charge is 0.368 e. The number of hydrogen-bond acceptors (Lipinski definition) is 5.